The Morgan fingerprint density at radius 1 is 1.23 bits per heavy atom. The van der Waals surface area contributed by atoms with Crippen molar-refractivity contribution in [1.29, 1.82) is 0 Å². The zero-order valence-electron chi connectivity index (χ0n) is 8.70. The summed E-state index contributed by atoms with van der Waals surface area (Å²) < 4.78 is 15.1. The maximum atomic E-state index is 11.1. The molecule has 4 heteroatoms. The number of hydrogen-bond donors (Lipinski definition) is 0. The van der Waals surface area contributed by atoms with Crippen LogP contribution >= 0.6 is 0 Å². The van der Waals surface area contributed by atoms with E-state index in [-0.39, 0.29) is 12.3 Å². The summed E-state index contributed by atoms with van der Waals surface area (Å²) >= 11 is 0. The van der Waals surface area contributed by atoms with Gasteiger partial charge in [-0.15, -0.1) is 0 Å². The Kier molecular flexibility index (Phi) is 6.54. The van der Waals surface area contributed by atoms with E-state index in [0.717, 1.165) is 0 Å². The normalized spacial score (nSPS) is 15.1. The van der Waals surface area contributed by atoms with Crippen molar-refractivity contribution in [2.45, 2.75) is 40.1 Å². The highest BCUT2D eigenvalue weighted by atomic mass is 16.7. The molecular formula is C9H18O4. The first kappa shape index (κ1) is 12.4. The van der Waals surface area contributed by atoms with Crippen LogP contribution in [-0.4, -0.2) is 31.6 Å². The third kappa shape index (κ3) is 5.60. The lowest BCUT2D eigenvalue weighted by Gasteiger charge is -2.17. The smallest absolute Gasteiger partial charge is 0.335 e. The van der Waals surface area contributed by atoms with Crippen molar-refractivity contribution in [2.24, 2.45) is 0 Å². The van der Waals surface area contributed by atoms with Crippen LogP contribution in [0.25, 0.3) is 0 Å². The molecular weight excluding hydrogens is 172 g/mol. The lowest BCUT2D eigenvalue weighted by atomic mass is 10.4. The van der Waals surface area contributed by atoms with Crippen LogP contribution in [0.5, 0.6) is 0 Å². The molecule has 0 bridgehead atoms. The molecule has 0 saturated carbocycles. The van der Waals surface area contributed by atoms with E-state index in [2.05, 4.69) is 0 Å². The minimum atomic E-state index is -0.568. The second-order valence-electron chi connectivity index (χ2n) is 2.55. The third-order valence-corrected chi connectivity index (χ3v) is 1.42. The summed E-state index contributed by atoms with van der Waals surface area (Å²) in [5, 5.41) is 0. The Morgan fingerprint density at radius 2 is 1.85 bits per heavy atom. The zero-order valence-corrected chi connectivity index (χ0v) is 8.70. The summed E-state index contributed by atoms with van der Waals surface area (Å²) in [5.41, 5.74) is 0. The molecule has 0 rings (SSSR count). The maximum absolute atomic E-state index is 11.1. The van der Waals surface area contributed by atoms with Gasteiger partial charge in [-0.3, -0.25) is 0 Å². The highest BCUT2D eigenvalue weighted by Crippen LogP contribution is 2.01. The average molecular weight is 190 g/mol. The fourth-order valence-electron chi connectivity index (χ4n) is 0.877. The van der Waals surface area contributed by atoms with E-state index < -0.39 is 6.10 Å². The fraction of sp³-hybridized carbons (Fsp3) is 0.889. The number of rotatable bonds is 6. The summed E-state index contributed by atoms with van der Waals surface area (Å²) in [6.45, 7) is 7.96. The van der Waals surface area contributed by atoms with Gasteiger partial charge in [-0.2, -0.15) is 0 Å². The molecule has 1 unspecified atom stereocenters. The molecule has 0 heterocycles. The standard InChI is InChI=1S/C9H18O4/c1-5-11-8(4)13-7(3)9(10)12-6-2/h7-8H,5-6H2,1-4H3/t7-,8?/m0/s1. The van der Waals surface area contributed by atoms with Crippen molar-refractivity contribution >= 4 is 5.97 Å². The molecule has 0 saturated heterocycles. The minimum Gasteiger partial charge on any atom is -0.464 e. The predicted molar refractivity (Wildman–Crippen MR) is 48.3 cm³/mol. The van der Waals surface area contributed by atoms with Gasteiger partial charge in [0.15, 0.2) is 12.4 Å². The van der Waals surface area contributed by atoms with Crippen LogP contribution in [0.4, 0.5) is 0 Å². The minimum absolute atomic E-state index is 0.353. The van der Waals surface area contributed by atoms with Gasteiger partial charge in [-0.05, 0) is 27.7 Å². The van der Waals surface area contributed by atoms with Crippen molar-refractivity contribution in [3.63, 3.8) is 0 Å². The van der Waals surface area contributed by atoms with Crippen molar-refractivity contribution < 1.29 is 19.0 Å². The molecule has 0 N–H and O–H groups in total. The SMILES string of the molecule is CCOC(=O)[C@H](C)OC(C)OCC. The zero-order chi connectivity index (χ0) is 10.3. The second-order valence-corrected chi connectivity index (χ2v) is 2.55. The van der Waals surface area contributed by atoms with Gasteiger partial charge in [0.2, 0.25) is 0 Å². The number of carbonyl (C=O) groups excluding carboxylic acids is 1. The van der Waals surface area contributed by atoms with E-state index in [0.29, 0.717) is 13.2 Å². The fourth-order valence-corrected chi connectivity index (χ4v) is 0.877. The monoisotopic (exact) mass is 190 g/mol. The lowest BCUT2D eigenvalue weighted by molar-refractivity contribution is -0.184. The summed E-state index contributed by atoms with van der Waals surface area (Å²) in [6, 6.07) is 0. The quantitative estimate of drug-likeness (QED) is 0.468. The molecule has 0 aliphatic rings. The Bertz CT molecular complexity index is 147. The van der Waals surface area contributed by atoms with E-state index in [1.165, 1.54) is 0 Å². The molecule has 0 aromatic heterocycles. The summed E-state index contributed by atoms with van der Waals surface area (Å²) in [6.07, 6.45) is -0.939. The van der Waals surface area contributed by atoms with Crippen LogP contribution in [0.15, 0.2) is 0 Å². The first-order valence-corrected chi connectivity index (χ1v) is 4.55. The van der Waals surface area contributed by atoms with Crippen molar-refractivity contribution in [3.05, 3.63) is 0 Å². The van der Waals surface area contributed by atoms with Crippen molar-refractivity contribution in [2.75, 3.05) is 13.2 Å². The lowest BCUT2D eigenvalue weighted by Crippen LogP contribution is -2.28. The van der Waals surface area contributed by atoms with E-state index in [1.807, 2.05) is 6.92 Å². The highest BCUT2D eigenvalue weighted by Gasteiger charge is 2.17. The van der Waals surface area contributed by atoms with Crippen LogP contribution in [0.3, 0.4) is 0 Å². The molecule has 0 aromatic rings. The molecule has 0 amide bonds. The van der Waals surface area contributed by atoms with Crippen molar-refractivity contribution in [3.8, 4) is 0 Å². The van der Waals surface area contributed by atoms with E-state index in [1.54, 1.807) is 20.8 Å². The molecule has 13 heavy (non-hydrogen) atoms. The second kappa shape index (κ2) is 6.86. The van der Waals surface area contributed by atoms with Gasteiger partial charge in [0.25, 0.3) is 0 Å². The van der Waals surface area contributed by atoms with Gasteiger partial charge in [-0.25, -0.2) is 4.79 Å². The van der Waals surface area contributed by atoms with Crippen LogP contribution in [0.1, 0.15) is 27.7 Å². The first-order chi connectivity index (χ1) is 6.11. The van der Waals surface area contributed by atoms with Gasteiger partial charge < -0.3 is 14.2 Å². The molecule has 0 radical (unpaired) electrons. The topological polar surface area (TPSA) is 44.8 Å². The molecule has 0 aromatic carbocycles. The van der Waals surface area contributed by atoms with Crippen molar-refractivity contribution in [1.82, 2.24) is 0 Å². The van der Waals surface area contributed by atoms with Gasteiger partial charge in [-0.1, -0.05) is 0 Å². The number of hydrogen-bond acceptors (Lipinski definition) is 4. The van der Waals surface area contributed by atoms with Crippen LogP contribution in [0.2, 0.25) is 0 Å². The molecule has 2 atom stereocenters. The van der Waals surface area contributed by atoms with Crippen LogP contribution in [0, 0.1) is 0 Å². The van der Waals surface area contributed by atoms with Crippen LogP contribution < -0.4 is 0 Å². The molecule has 78 valence electrons. The average Bonchev–Trinajstić information content (AvgIpc) is 2.05. The molecule has 0 aliphatic carbocycles. The maximum Gasteiger partial charge on any atom is 0.335 e. The largest absolute Gasteiger partial charge is 0.464 e. The number of ether oxygens (including phenoxy) is 3. The highest BCUT2D eigenvalue weighted by molar-refractivity contribution is 5.74. The van der Waals surface area contributed by atoms with E-state index in [4.69, 9.17) is 14.2 Å². The molecule has 0 fully saturated rings. The number of esters is 1. The van der Waals surface area contributed by atoms with Crippen LogP contribution in [-0.2, 0) is 19.0 Å². The summed E-state index contributed by atoms with van der Waals surface area (Å²) in [7, 11) is 0. The summed E-state index contributed by atoms with van der Waals surface area (Å²) in [4.78, 5) is 11.1. The number of carbonyl (C=O) groups is 1. The molecule has 0 spiro atoms. The first-order valence-electron chi connectivity index (χ1n) is 4.55. The van der Waals surface area contributed by atoms with Gasteiger partial charge in [0.05, 0.1) is 6.61 Å². The van der Waals surface area contributed by atoms with Gasteiger partial charge in [0.1, 0.15) is 0 Å². The summed E-state index contributed by atoms with van der Waals surface area (Å²) in [5.74, 6) is -0.353. The molecule has 0 aliphatic heterocycles. The molecule has 4 nitrogen and oxygen atoms in total. The van der Waals surface area contributed by atoms with E-state index in [9.17, 15) is 4.79 Å². The van der Waals surface area contributed by atoms with Gasteiger partial charge in [0, 0.05) is 6.61 Å². The predicted octanol–water partition coefficient (Wildman–Crippen LogP) is 1.34. The Balaban J connectivity index is 3.71. The Labute approximate surface area is 79.2 Å². The van der Waals surface area contributed by atoms with E-state index >= 15 is 0 Å². The Hall–Kier alpha value is -0.610. The van der Waals surface area contributed by atoms with Gasteiger partial charge >= 0.3 is 5.97 Å². The third-order valence-electron chi connectivity index (χ3n) is 1.42. The Morgan fingerprint density at radius 3 is 2.31 bits per heavy atom.